The SMILES string of the molecule is CN1Cc2cc(N3CCN(C(=O)OC(C)(C)C)CC3)ccc2C1=O. The van der Waals surface area contributed by atoms with Gasteiger partial charge in [0.25, 0.3) is 5.91 Å². The maximum atomic E-state index is 12.1. The number of nitrogens with zero attached hydrogens (tertiary/aromatic N) is 3. The molecular weight excluding hydrogens is 306 g/mol. The molecule has 0 atom stereocenters. The van der Waals surface area contributed by atoms with Crippen molar-refractivity contribution in [2.75, 3.05) is 38.1 Å². The van der Waals surface area contributed by atoms with Gasteiger partial charge in [0.2, 0.25) is 0 Å². The molecule has 1 aromatic carbocycles. The number of carbonyl (C=O) groups is 2. The van der Waals surface area contributed by atoms with Crippen molar-refractivity contribution in [3.05, 3.63) is 29.3 Å². The van der Waals surface area contributed by atoms with Gasteiger partial charge in [-0.3, -0.25) is 4.79 Å². The maximum Gasteiger partial charge on any atom is 0.410 e. The zero-order valence-corrected chi connectivity index (χ0v) is 14.8. The Morgan fingerprint density at radius 1 is 1.12 bits per heavy atom. The minimum Gasteiger partial charge on any atom is -0.444 e. The first-order valence-corrected chi connectivity index (χ1v) is 8.36. The molecule has 2 heterocycles. The topological polar surface area (TPSA) is 53.1 Å². The van der Waals surface area contributed by atoms with Crippen molar-refractivity contribution in [1.29, 1.82) is 0 Å². The molecule has 0 aromatic heterocycles. The number of fused-ring (bicyclic) bond motifs is 1. The van der Waals surface area contributed by atoms with Gasteiger partial charge in [0.15, 0.2) is 0 Å². The minimum atomic E-state index is -0.466. The molecule has 1 aromatic rings. The Morgan fingerprint density at radius 2 is 1.79 bits per heavy atom. The molecule has 3 rings (SSSR count). The fourth-order valence-corrected chi connectivity index (χ4v) is 3.12. The molecule has 0 N–H and O–H groups in total. The van der Waals surface area contributed by atoms with Crippen molar-refractivity contribution < 1.29 is 14.3 Å². The summed E-state index contributed by atoms with van der Waals surface area (Å²) in [5.41, 5.74) is 2.52. The van der Waals surface area contributed by atoms with Crippen LogP contribution in [-0.2, 0) is 11.3 Å². The van der Waals surface area contributed by atoms with E-state index >= 15 is 0 Å². The second-order valence-electron chi connectivity index (χ2n) is 7.46. The minimum absolute atomic E-state index is 0.0892. The number of hydrogen-bond donors (Lipinski definition) is 0. The van der Waals surface area contributed by atoms with Crippen molar-refractivity contribution in [3.8, 4) is 0 Å². The van der Waals surface area contributed by atoms with E-state index in [9.17, 15) is 9.59 Å². The van der Waals surface area contributed by atoms with Crippen LogP contribution in [0.15, 0.2) is 18.2 Å². The molecule has 0 unspecified atom stereocenters. The molecule has 0 bridgehead atoms. The third-order valence-corrected chi connectivity index (χ3v) is 4.37. The lowest BCUT2D eigenvalue weighted by Gasteiger charge is -2.36. The Labute approximate surface area is 143 Å². The lowest BCUT2D eigenvalue weighted by Crippen LogP contribution is -2.50. The first kappa shape index (κ1) is 16.6. The Balaban J connectivity index is 1.63. The van der Waals surface area contributed by atoms with E-state index in [1.807, 2.05) is 40.0 Å². The molecular formula is C18H25N3O3. The summed E-state index contributed by atoms with van der Waals surface area (Å²) in [5, 5.41) is 0. The lowest BCUT2D eigenvalue weighted by molar-refractivity contribution is 0.0240. The van der Waals surface area contributed by atoms with E-state index in [4.69, 9.17) is 4.74 Å². The first-order valence-electron chi connectivity index (χ1n) is 8.36. The van der Waals surface area contributed by atoms with Crippen LogP contribution in [0.4, 0.5) is 10.5 Å². The zero-order valence-electron chi connectivity index (χ0n) is 14.8. The maximum absolute atomic E-state index is 12.1. The van der Waals surface area contributed by atoms with Gasteiger partial charge in [0, 0.05) is 51.0 Å². The van der Waals surface area contributed by atoms with Gasteiger partial charge in [0.05, 0.1) is 0 Å². The van der Waals surface area contributed by atoms with Crippen molar-refractivity contribution in [2.45, 2.75) is 32.9 Å². The summed E-state index contributed by atoms with van der Waals surface area (Å²) in [4.78, 5) is 29.8. The molecule has 0 spiro atoms. The van der Waals surface area contributed by atoms with Gasteiger partial charge in [-0.2, -0.15) is 0 Å². The molecule has 2 amide bonds. The first-order chi connectivity index (χ1) is 11.2. The van der Waals surface area contributed by atoms with Crippen LogP contribution in [0.3, 0.4) is 0 Å². The third kappa shape index (κ3) is 3.32. The van der Waals surface area contributed by atoms with E-state index in [-0.39, 0.29) is 12.0 Å². The van der Waals surface area contributed by atoms with Gasteiger partial charge in [-0.1, -0.05) is 0 Å². The lowest BCUT2D eigenvalue weighted by atomic mass is 10.1. The third-order valence-electron chi connectivity index (χ3n) is 4.37. The van der Waals surface area contributed by atoms with E-state index in [0.29, 0.717) is 19.6 Å². The molecule has 1 saturated heterocycles. The Morgan fingerprint density at radius 3 is 2.42 bits per heavy atom. The number of piperazine rings is 1. The van der Waals surface area contributed by atoms with E-state index in [1.165, 1.54) is 0 Å². The highest BCUT2D eigenvalue weighted by Crippen LogP contribution is 2.27. The van der Waals surface area contributed by atoms with Gasteiger partial charge in [-0.25, -0.2) is 4.79 Å². The molecule has 6 heteroatoms. The van der Waals surface area contributed by atoms with Gasteiger partial charge >= 0.3 is 6.09 Å². The number of hydrogen-bond acceptors (Lipinski definition) is 4. The molecule has 2 aliphatic rings. The predicted octanol–water partition coefficient (Wildman–Crippen LogP) is 2.33. The van der Waals surface area contributed by atoms with Gasteiger partial charge in [0.1, 0.15) is 5.60 Å². The van der Waals surface area contributed by atoms with Crippen LogP contribution < -0.4 is 4.90 Å². The molecule has 2 aliphatic heterocycles. The van der Waals surface area contributed by atoms with E-state index in [2.05, 4.69) is 11.0 Å². The molecule has 0 radical (unpaired) electrons. The number of anilines is 1. The second kappa shape index (κ2) is 6.00. The molecule has 6 nitrogen and oxygen atoms in total. The van der Waals surface area contributed by atoms with Gasteiger partial charge < -0.3 is 19.4 Å². The van der Waals surface area contributed by atoms with Crippen molar-refractivity contribution in [2.24, 2.45) is 0 Å². The second-order valence-corrected chi connectivity index (χ2v) is 7.46. The van der Waals surface area contributed by atoms with Crippen LogP contribution in [0, 0.1) is 0 Å². The van der Waals surface area contributed by atoms with E-state index in [0.717, 1.165) is 29.9 Å². The van der Waals surface area contributed by atoms with Crippen molar-refractivity contribution in [1.82, 2.24) is 9.80 Å². The quantitative estimate of drug-likeness (QED) is 0.792. The van der Waals surface area contributed by atoms with E-state index in [1.54, 1.807) is 9.80 Å². The van der Waals surface area contributed by atoms with Crippen molar-refractivity contribution in [3.63, 3.8) is 0 Å². The summed E-state index contributed by atoms with van der Waals surface area (Å²) in [6.07, 6.45) is -0.247. The monoisotopic (exact) mass is 331 g/mol. The van der Waals surface area contributed by atoms with Crippen LogP contribution in [0.25, 0.3) is 0 Å². The molecule has 24 heavy (non-hydrogen) atoms. The molecule has 1 fully saturated rings. The highest BCUT2D eigenvalue weighted by molar-refractivity contribution is 5.98. The number of carbonyl (C=O) groups excluding carboxylic acids is 2. The highest BCUT2D eigenvalue weighted by atomic mass is 16.6. The number of amides is 2. The van der Waals surface area contributed by atoms with Crippen LogP contribution in [0.5, 0.6) is 0 Å². The molecule has 130 valence electrons. The molecule has 0 saturated carbocycles. The number of ether oxygens (including phenoxy) is 1. The number of rotatable bonds is 1. The predicted molar refractivity (Wildman–Crippen MR) is 92.3 cm³/mol. The Bertz CT molecular complexity index is 658. The average Bonchev–Trinajstić information content (AvgIpc) is 2.80. The Hall–Kier alpha value is -2.24. The summed E-state index contributed by atoms with van der Waals surface area (Å²) < 4.78 is 5.43. The zero-order chi connectivity index (χ0) is 17.5. The summed E-state index contributed by atoms with van der Waals surface area (Å²) in [5.74, 6) is 0.0892. The van der Waals surface area contributed by atoms with Crippen LogP contribution in [0.2, 0.25) is 0 Å². The molecule has 0 aliphatic carbocycles. The Kier molecular flexibility index (Phi) is 4.15. The smallest absolute Gasteiger partial charge is 0.410 e. The van der Waals surface area contributed by atoms with Crippen LogP contribution in [-0.4, -0.2) is 60.6 Å². The standard InChI is InChI=1S/C18H25N3O3/c1-18(2,3)24-17(23)21-9-7-20(8-10-21)14-5-6-15-13(11-14)12-19(4)16(15)22/h5-6,11H,7-10,12H2,1-4H3. The number of benzene rings is 1. The fraction of sp³-hybridized carbons (Fsp3) is 0.556. The highest BCUT2D eigenvalue weighted by Gasteiger charge is 2.28. The van der Waals surface area contributed by atoms with Gasteiger partial charge in [-0.15, -0.1) is 0 Å². The van der Waals surface area contributed by atoms with Crippen molar-refractivity contribution >= 4 is 17.7 Å². The van der Waals surface area contributed by atoms with Gasteiger partial charge in [-0.05, 0) is 44.5 Å². The largest absolute Gasteiger partial charge is 0.444 e. The summed E-state index contributed by atoms with van der Waals surface area (Å²) in [7, 11) is 1.82. The average molecular weight is 331 g/mol. The summed E-state index contributed by atoms with van der Waals surface area (Å²) in [6.45, 7) is 9.12. The fourth-order valence-electron chi connectivity index (χ4n) is 3.12. The normalized spacial score (nSPS) is 18.0. The van der Waals surface area contributed by atoms with E-state index < -0.39 is 5.60 Å². The summed E-state index contributed by atoms with van der Waals surface area (Å²) >= 11 is 0. The van der Waals surface area contributed by atoms with Crippen LogP contribution >= 0.6 is 0 Å². The summed E-state index contributed by atoms with van der Waals surface area (Å²) in [6, 6.07) is 6.01. The van der Waals surface area contributed by atoms with Crippen LogP contribution in [0.1, 0.15) is 36.7 Å².